The molecule has 0 spiro atoms. The second-order valence-corrected chi connectivity index (χ2v) is 7.18. The molecular weight excluding hydrogens is 384 g/mol. The smallest absolute Gasteiger partial charge is 0.257 e. The zero-order valence-corrected chi connectivity index (χ0v) is 16.3. The Bertz CT molecular complexity index is 1010. The first kappa shape index (κ1) is 19.1. The SMILES string of the molecule is CSc1nc(N)c(C(c2ccccc2)c2c(N)nc(SC)[nH]c2=O)c(=O)[nH]1. The second-order valence-electron chi connectivity index (χ2n) is 5.59. The van der Waals surface area contributed by atoms with Crippen molar-refractivity contribution in [2.24, 2.45) is 0 Å². The number of nitrogens with one attached hydrogen (secondary N) is 2. The lowest BCUT2D eigenvalue weighted by Crippen LogP contribution is -2.28. The van der Waals surface area contributed by atoms with Gasteiger partial charge in [0.25, 0.3) is 11.1 Å². The van der Waals surface area contributed by atoms with E-state index in [-0.39, 0.29) is 22.8 Å². The highest BCUT2D eigenvalue weighted by atomic mass is 32.2. The zero-order chi connectivity index (χ0) is 19.6. The van der Waals surface area contributed by atoms with Crippen molar-refractivity contribution in [2.45, 2.75) is 16.2 Å². The molecule has 0 fully saturated rings. The quantitative estimate of drug-likeness (QED) is 0.372. The molecule has 6 N–H and O–H groups in total. The minimum Gasteiger partial charge on any atom is -0.383 e. The summed E-state index contributed by atoms with van der Waals surface area (Å²) in [6, 6.07) is 9.06. The first-order chi connectivity index (χ1) is 13.0. The van der Waals surface area contributed by atoms with Gasteiger partial charge in [-0.25, -0.2) is 9.97 Å². The number of benzene rings is 1. The van der Waals surface area contributed by atoms with Crippen LogP contribution in [-0.2, 0) is 0 Å². The van der Waals surface area contributed by atoms with E-state index in [2.05, 4.69) is 19.9 Å². The molecule has 3 rings (SSSR count). The van der Waals surface area contributed by atoms with Gasteiger partial charge in [-0.2, -0.15) is 0 Å². The average Bonchev–Trinajstić information content (AvgIpc) is 2.66. The Morgan fingerprint density at radius 1 is 0.852 bits per heavy atom. The number of rotatable bonds is 5. The fraction of sp³-hybridized carbons (Fsp3) is 0.176. The summed E-state index contributed by atoms with van der Waals surface area (Å²) in [6.07, 6.45) is 3.56. The molecule has 1 aromatic carbocycles. The van der Waals surface area contributed by atoms with E-state index in [1.807, 2.05) is 18.2 Å². The highest BCUT2D eigenvalue weighted by molar-refractivity contribution is 7.98. The monoisotopic (exact) mass is 402 g/mol. The van der Waals surface area contributed by atoms with Crippen LogP contribution < -0.4 is 22.6 Å². The molecule has 27 heavy (non-hydrogen) atoms. The standard InChI is InChI=1S/C17H18N6O2S2/c1-26-16-20-12(18)10(14(24)22-16)9(8-6-4-3-5-7-8)11-13(19)21-17(27-2)23-15(11)25/h3-7,9H,1-2H3,(H3,18,20,22,24)(H3,19,21,23,25). The maximum absolute atomic E-state index is 12.8. The number of thioether (sulfide) groups is 2. The van der Waals surface area contributed by atoms with Crippen molar-refractivity contribution in [3.8, 4) is 0 Å². The first-order valence-electron chi connectivity index (χ1n) is 7.88. The summed E-state index contributed by atoms with van der Waals surface area (Å²) in [5.41, 5.74) is 12.4. The molecule has 0 amide bonds. The number of hydrogen-bond donors (Lipinski definition) is 4. The lowest BCUT2D eigenvalue weighted by Gasteiger charge is -2.19. The third-order valence-electron chi connectivity index (χ3n) is 4.02. The van der Waals surface area contributed by atoms with Gasteiger partial charge in [-0.15, -0.1) is 0 Å². The molecule has 0 aliphatic heterocycles. The van der Waals surface area contributed by atoms with Gasteiger partial charge in [0, 0.05) is 0 Å². The number of nitrogen functional groups attached to an aromatic ring is 2. The normalized spacial score (nSPS) is 11.1. The number of nitrogens with two attached hydrogens (primary N) is 2. The van der Waals surface area contributed by atoms with E-state index in [9.17, 15) is 9.59 Å². The molecule has 2 aromatic heterocycles. The molecule has 10 heteroatoms. The molecule has 0 saturated carbocycles. The van der Waals surface area contributed by atoms with E-state index in [0.717, 1.165) is 0 Å². The van der Waals surface area contributed by atoms with Crippen LogP contribution in [0.2, 0.25) is 0 Å². The molecular formula is C17H18N6O2S2. The van der Waals surface area contributed by atoms with Gasteiger partial charge in [-0.05, 0) is 18.1 Å². The minimum absolute atomic E-state index is 0.0460. The predicted octanol–water partition coefficient (Wildman–Crippen LogP) is 1.64. The number of hydrogen-bond acceptors (Lipinski definition) is 8. The molecule has 0 radical (unpaired) electrons. The van der Waals surface area contributed by atoms with Crippen LogP contribution in [0.3, 0.4) is 0 Å². The van der Waals surface area contributed by atoms with E-state index in [1.165, 1.54) is 23.5 Å². The first-order valence-corrected chi connectivity index (χ1v) is 10.3. The Labute approximate surface area is 163 Å². The predicted molar refractivity (Wildman–Crippen MR) is 109 cm³/mol. The van der Waals surface area contributed by atoms with Gasteiger partial charge in [-0.1, -0.05) is 53.9 Å². The van der Waals surface area contributed by atoms with E-state index in [0.29, 0.717) is 15.9 Å². The Hall–Kier alpha value is -2.72. The van der Waals surface area contributed by atoms with Crippen LogP contribution in [0.15, 0.2) is 50.2 Å². The Morgan fingerprint density at radius 3 is 1.67 bits per heavy atom. The number of aromatic amines is 2. The molecule has 0 bridgehead atoms. The topological polar surface area (TPSA) is 144 Å². The summed E-state index contributed by atoms with van der Waals surface area (Å²) >= 11 is 2.53. The number of anilines is 2. The second kappa shape index (κ2) is 7.89. The molecule has 0 aliphatic carbocycles. The fourth-order valence-electron chi connectivity index (χ4n) is 2.83. The van der Waals surface area contributed by atoms with Gasteiger partial charge in [-0.3, -0.25) is 9.59 Å². The van der Waals surface area contributed by atoms with Gasteiger partial charge in [0.05, 0.1) is 17.0 Å². The van der Waals surface area contributed by atoms with Crippen LogP contribution in [0.4, 0.5) is 11.6 Å². The summed E-state index contributed by atoms with van der Waals surface area (Å²) < 4.78 is 0. The van der Waals surface area contributed by atoms with Crippen molar-refractivity contribution in [1.29, 1.82) is 0 Å². The van der Waals surface area contributed by atoms with Crippen LogP contribution in [0.1, 0.15) is 22.6 Å². The van der Waals surface area contributed by atoms with E-state index in [4.69, 9.17) is 11.5 Å². The van der Waals surface area contributed by atoms with Crippen molar-refractivity contribution < 1.29 is 0 Å². The molecule has 0 aliphatic rings. The Morgan fingerprint density at radius 2 is 1.30 bits per heavy atom. The van der Waals surface area contributed by atoms with Gasteiger partial charge in [0.2, 0.25) is 0 Å². The van der Waals surface area contributed by atoms with E-state index >= 15 is 0 Å². The largest absolute Gasteiger partial charge is 0.383 e. The van der Waals surface area contributed by atoms with E-state index in [1.54, 1.807) is 24.6 Å². The van der Waals surface area contributed by atoms with Gasteiger partial charge in [0.15, 0.2) is 10.3 Å². The van der Waals surface area contributed by atoms with Crippen LogP contribution in [0.5, 0.6) is 0 Å². The van der Waals surface area contributed by atoms with Gasteiger partial charge < -0.3 is 21.4 Å². The van der Waals surface area contributed by atoms with Crippen molar-refractivity contribution in [3.05, 3.63) is 67.7 Å². The third-order valence-corrected chi connectivity index (χ3v) is 5.18. The summed E-state index contributed by atoms with van der Waals surface area (Å²) in [5, 5.41) is 0.789. The maximum atomic E-state index is 12.8. The summed E-state index contributed by atoms with van der Waals surface area (Å²) in [4.78, 5) is 39.4. The molecule has 0 atom stereocenters. The van der Waals surface area contributed by atoms with Crippen LogP contribution in [0.25, 0.3) is 0 Å². The molecule has 140 valence electrons. The van der Waals surface area contributed by atoms with Gasteiger partial charge >= 0.3 is 0 Å². The third kappa shape index (κ3) is 3.71. The minimum atomic E-state index is -0.800. The van der Waals surface area contributed by atoms with Crippen LogP contribution in [0, 0.1) is 0 Å². The van der Waals surface area contributed by atoms with Crippen molar-refractivity contribution in [2.75, 3.05) is 24.0 Å². The van der Waals surface area contributed by atoms with Crippen molar-refractivity contribution >= 4 is 35.2 Å². The lowest BCUT2D eigenvalue weighted by molar-refractivity contribution is 0.831. The van der Waals surface area contributed by atoms with Gasteiger partial charge in [0.1, 0.15) is 11.6 Å². The molecule has 3 aromatic rings. The molecule has 0 unspecified atom stereocenters. The van der Waals surface area contributed by atoms with Crippen LogP contribution in [-0.4, -0.2) is 32.4 Å². The molecule has 0 saturated heterocycles. The summed E-state index contributed by atoms with van der Waals surface area (Å²) in [6.45, 7) is 0. The summed E-state index contributed by atoms with van der Waals surface area (Å²) in [7, 11) is 0. The number of nitrogens with zero attached hydrogens (tertiary/aromatic N) is 2. The molecule has 2 heterocycles. The molecule has 8 nitrogen and oxygen atoms in total. The fourth-order valence-corrected chi connectivity index (χ4v) is 3.60. The average molecular weight is 403 g/mol. The van der Waals surface area contributed by atoms with Crippen molar-refractivity contribution in [1.82, 2.24) is 19.9 Å². The Kier molecular flexibility index (Phi) is 5.57. The highest BCUT2D eigenvalue weighted by Crippen LogP contribution is 2.33. The van der Waals surface area contributed by atoms with Crippen LogP contribution >= 0.6 is 23.5 Å². The highest BCUT2D eigenvalue weighted by Gasteiger charge is 2.29. The summed E-state index contributed by atoms with van der Waals surface area (Å²) in [5.74, 6) is -0.708. The lowest BCUT2D eigenvalue weighted by atomic mass is 9.86. The maximum Gasteiger partial charge on any atom is 0.257 e. The number of H-pyrrole nitrogens is 2. The van der Waals surface area contributed by atoms with E-state index < -0.39 is 17.0 Å². The number of aromatic nitrogens is 4. The Balaban J connectivity index is 2.34. The zero-order valence-electron chi connectivity index (χ0n) is 14.6. The van der Waals surface area contributed by atoms with Crippen molar-refractivity contribution in [3.63, 3.8) is 0 Å².